The summed E-state index contributed by atoms with van der Waals surface area (Å²) in [5, 5.41) is 10.2. The van der Waals surface area contributed by atoms with E-state index in [2.05, 4.69) is 4.98 Å². The molecule has 2 aromatic rings. The van der Waals surface area contributed by atoms with Crippen molar-refractivity contribution in [3.8, 4) is 11.5 Å². The lowest BCUT2D eigenvalue weighted by molar-refractivity contribution is 0.155. The number of aliphatic hydroxyl groups excluding tert-OH is 1. The Kier molecular flexibility index (Phi) is 3.37. The number of aliphatic hydroxyl groups is 1. The van der Waals surface area contributed by atoms with Gasteiger partial charge in [-0.2, -0.15) is 0 Å². The van der Waals surface area contributed by atoms with E-state index < -0.39 is 6.10 Å². The first kappa shape index (κ1) is 12.0. The van der Waals surface area contributed by atoms with Crippen molar-refractivity contribution >= 4 is 0 Å². The second kappa shape index (κ2) is 5.32. The average Bonchev–Trinajstić information content (AvgIpc) is 2.97. The molecule has 1 atom stereocenters. The number of aromatic nitrogens is 2. The van der Waals surface area contributed by atoms with Gasteiger partial charge in [0.1, 0.15) is 13.2 Å². The van der Waals surface area contributed by atoms with E-state index >= 15 is 0 Å². The van der Waals surface area contributed by atoms with E-state index in [1.165, 1.54) is 0 Å². The number of rotatable bonds is 4. The number of fused-ring (bicyclic) bond motifs is 1. The molecule has 3 rings (SSSR count). The van der Waals surface area contributed by atoms with Crippen LogP contribution in [0.3, 0.4) is 0 Å². The highest BCUT2D eigenvalue weighted by Gasteiger charge is 2.15. The van der Waals surface area contributed by atoms with Crippen LogP contribution in [0.2, 0.25) is 0 Å². The third kappa shape index (κ3) is 2.71. The fraction of sp³-hybridized carbons (Fsp3) is 0.357. The number of benzene rings is 1. The zero-order valence-corrected chi connectivity index (χ0v) is 10.5. The first-order valence-electron chi connectivity index (χ1n) is 6.36. The van der Waals surface area contributed by atoms with Gasteiger partial charge in [-0.05, 0) is 24.1 Å². The molecule has 0 saturated carbocycles. The minimum Gasteiger partial charge on any atom is -0.486 e. The molecule has 0 unspecified atom stereocenters. The molecule has 0 fully saturated rings. The maximum atomic E-state index is 10.2. The highest BCUT2D eigenvalue weighted by atomic mass is 16.6. The van der Waals surface area contributed by atoms with Crippen LogP contribution in [-0.4, -0.2) is 27.9 Å². The molecular formula is C14H16N2O3. The third-order valence-electron chi connectivity index (χ3n) is 3.17. The SMILES string of the molecule is O[C@@H](CCn1ccnc1)c1ccc2c(c1)OCCO2. The van der Waals surface area contributed by atoms with E-state index in [1.54, 1.807) is 12.5 Å². The van der Waals surface area contributed by atoms with Gasteiger partial charge < -0.3 is 19.1 Å². The molecule has 19 heavy (non-hydrogen) atoms. The Morgan fingerprint density at radius 2 is 2.11 bits per heavy atom. The number of nitrogens with zero attached hydrogens (tertiary/aromatic N) is 2. The average molecular weight is 260 g/mol. The molecule has 0 bridgehead atoms. The summed E-state index contributed by atoms with van der Waals surface area (Å²) in [7, 11) is 0. The Morgan fingerprint density at radius 1 is 1.26 bits per heavy atom. The maximum Gasteiger partial charge on any atom is 0.161 e. The zero-order chi connectivity index (χ0) is 13.1. The van der Waals surface area contributed by atoms with Crippen LogP contribution in [-0.2, 0) is 6.54 Å². The van der Waals surface area contributed by atoms with Gasteiger partial charge >= 0.3 is 0 Å². The van der Waals surface area contributed by atoms with Crippen LogP contribution in [0.4, 0.5) is 0 Å². The Hall–Kier alpha value is -2.01. The van der Waals surface area contributed by atoms with Crippen molar-refractivity contribution < 1.29 is 14.6 Å². The molecule has 0 amide bonds. The Balaban J connectivity index is 1.67. The third-order valence-corrected chi connectivity index (χ3v) is 3.17. The maximum absolute atomic E-state index is 10.2. The quantitative estimate of drug-likeness (QED) is 0.910. The predicted octanol–water partition coefficient (Wildman–Crippen LogP) is 1.78. The summed E-state index contributed by atoms with van der Waals surface area (Å²) in [4.78, 5) is 3.98. The number of aryl methyl sites for hydroxylation is 1. The van der Waals surface area contributed by atoms with Crippen molar-refractivity contribution in [3.63, 3.8) is 0 Å². The Labute approximate surface area is 111 Å². The number of hydrogen-bond donors (Lipinski definition) is 1. The lowest BCUT2D eigenvalue weighted by atomic mass is 10.1. The second-order valence-electron chi connectivity index (χ2n) is 4.51. The van der Waals surface area contributed by atoms with Crippen LogP contribution in [0.1, 0.15) is 18.1 Å². The molecule has 0 aliphatic carbocycles. The van der Waals surface area contributed by atoms with Crippen LogP contribution in [0.5, 0.6) is 11.5 Å². The van der Waals surface area contributed by atoms with Crippen molar-refractivity contribution in [1.82, 2.24) is 9.55 Å². The molecule has 0 saturated heterocycles. The lowest BCUT2D eigenvalue weighted by Gasteiger charge is -2.20. The minimum absolute atomic E-state index is 0.516. The molecule has 5 heteroatoms. The van der Waals surface area contributed by atoms with Gasteiger partial charge in [0.2, 0.25) is 0 Å². The van der Waals surface area contributed by atoms with Gasteiger partial charge in [-0.3, -0.25) is 0 Å². The largest absolute Gasteiger partial charge is 0.486 e. The first-order chi connectivity index (χ1) is 9.33. The van der Waals surface area contributed by atoms with Crippen LogP contribution in [0.15, 0.2) is 36.9 Å². The molecule has 1 aliphatic rings. The van der Waals surface area contributed by atoms with E-state index in [9.17, 15) is 5.11 Å². The second-order valence-corrected chi connectivity index (χ2v) is 4.51. The molecule has 1 aromatic carbocycles. The molecular weight excluding hydrogens is 244 g/mol. The molecule has 1 aliphatic heterocycles. The van der Waals surface area contributed by atoms with Crippen LogP contribution >= 0.6 is 0 Å². The number of hydrogen-bond acceptors (Lipinski definition) is 4. The van der Waals surface area contributed by atoms with Crippen LogP contribution in [0.25, 0.3) is 0 Å². The fourth-order valence-electron chi connectivity index (χ4n) is 2.12. The molecule has 0 radical (unpaired) electrons. The van der Waals surface area contributed by atoms with Gasteiger partial charge in [-0.1, -0.05) is 6.07 Å². The van der Waals surface area contributed by atoms with E-state index in [0.717, 1.165) is 17.9 Å². The predicted molar refractivity (Wildman–Crippen MR) is 69.2 cm³/mol. The summed E-state index contributed by atoms with van der Waals surface area (Å²) >= 11 is 0. The number of imidazole rings is 1. The molecule has 1 N–H and O–H groups in total. The number of ether oxygens (including phenoxy) is 2. The van der Waals surface area contributed by atoms with Gasteiger partial charge in [0.05, 0.1) is 12.4 Å². The summed E-state index contributed by atoms with van der Waals surface area (Å²) in [6, 6.07) is 5.59. The van der Waals surface area contributed by atoms with Crippen molar-refractivity contribution in [2.75, 3.05) is 13.2 Å². The smallest absolute Gasteiger partial charge is 0.161 e. The summed E-state index contributed by atoms with van der Waals surface area (Å²) in [6.45, 7) is 1.87. The molecule has 100 valence electrons. The summed E-state index contributed by atoms with van der Waals surface area (Å²) < 4.78 is 12.9. The summed E-state index contributed by atoms with van der Waals surface area (Å²) in [5.74, 6) is 1.46. The lowest BCUT2D eigenvalue weighted by Crippen LogP contribution is -2.15. The van der Waals surface area contributed by atoms with E-state index in [1.807, 2.05) is 29.0 Å². The standard InChI is InChI=1S/C14H16N2O3/c17-12(3-5-16-6-4-15-10-16)11-1-2-13-14(9-11)19-8-7-18-13/h1-2,4,6,9-10,12,17H,3,5,7-8H2/t12-/m0/s1. The summed E-state index contributed by atoms with van der Waals surface area (Å²) in [6.07, 6.45) is 5.48. The van der Waals surface area contributed by atoms with Gasteiger partial charge in [0, 0.05) is 18.9 Å². The van der Waals surface area contributed by atoms with Gasteiger partial charge in [-0.25, -0.2) is 4.98 Å². The normalized spacial score (nSPS) is 15.2. The molecule has 5 nitrogen and oxygen atoms in total. The fourth-order valence-corrected chi connectivity index (χ4v) is 2.12. The highest BCUT2D eigenvalue weighted by molar-refractivity contribution is 5.44. The van der Waals surface area contributed by atoms with Crippen molar-refractivity contribution in [2.45, 2.75) is 19.1 Å². The first-order valence-corrected chi connectivity index (χ1v) is 6.36. The molecule has 1 aromatic heterocycles. The van der Waals surface area contributed by atoms with Gasteiger partial charge in [0.25, 0.3) is 0 Å². The van der Waals surface area contributed by atoms with Crippen molar-refractivity contribution in [1.29, 1.82) is 0 Å². The molecule has 2 heterocycles. The van der Waals surface area contributed by atoms with Gasteiger partial charge in [-0.15, -0.1) is 0 Å². The zero-order valence-electron chi connectivity index (χ0n) is 10.5. The van der Waals surface area contributed by atoms with Gasteiger partial charge in [0.15, 0.2) is 11.5 Å². The van der Waals surface area contributed by atoms with E-state index in [4.69, 9.17) is 9.47 Å². The molecule has 0 spiro atoms. The Morgan fingerprint density at radius 3 is 2.89 bits per heavy atom. The topological polar surface area (TPSA) is 56.5 Å². The van der Waals surface area contributed by atoms with Crippen LogP contribution in [0, 0.1) is 0 Å². The van der Waals surface area contributed by atoms with E-state index in [0.29, 0.717) is 25.4 Å². The Bertz CT molecular complexity index is 540. The van der Waals surface area contributed by atoms with Crippen molar-refractivity contribution in [3.05, 3.63) is 42.5 Å². The van der Waals surface area contributed by atoms with Crippen LogP contribution < -0.4 is 9.47 Å². The minimum atomic E-state index is -0.516. The highest BCUT2D eigenvalue weighted by Crippen LogP contribution is 2.33. The monoisotopic (exact) mass is 260 g/mol. The van der Waals surface area contributed by atoms with Crippen molar-refractivity contribution in [2.24, 2.45) is 0 Å². The van der Waals surface area contributed by atoms with E-state index in [-0.39, 0.29) is 0 Å². The summed E-state index contributed by atoms with van der Waals surface area (Å²) in [5.41, 5.74) is 0.851.